The molecule has 1 fully saturated rings. The third-order valence-electron chi connectivity index (χ3n) is 4.66. The van der Waals surface area contributed by atoms with E-state index >= 15 is 0 Å². The first-order valence-corrected chi connectivity index (χ1v) is 7.11. The highest BCUT2D eigenvalue weighted by molar-refractivity contribution is 4.87. The lowest BCUT2D eigenvalue weighted by Gasteiger charge is -2.41. The largest absolute Gasteiger partial charge is 0.247 e. The number of hydrogen-bond acceptors (Lipinski definition) is 0. The normalized spacial score (nSPS) is 37.7. The van der Waals surface area contributed by atoms with E-state index in [0.717, 1.165) is 19.3 Å². The molecule has 0 radical (unpaired) electrons. The third kappa shape index (κ3) is 3.21. The summed E-state index contributed by atoms with van der Waals surface area (Å²) < 4.78 is 14.2. The minimum Gasteiger partial charge on any atom is -0.247 e. The fraction of sp³-hybridized carbons (Fsp3) is 1.00. The molecule has 0 aromatic rings. The van der Waals surface area contributed by atoms with Crippen LogP contribution in [0.5, 0.6) is 0 Å². The zero-order valence-electron chi connectivity index (χ0n) is 11.7. The molecule has 0 aromatic carbocycles. The summed E-state index contributed by atoms with van der Waals surface area (Å²) in [6, 6.07) is 0. The predicted octanol–water partition coefficient (Wildman–Crippen LogP) is 5.08. The molecule has 0 heterocycles. The van der Waals surface area contributed by atoms with Gasteiger partial charge in [0, 0.05) is 0 Å². The average Bonchev–Trinajstić information content (AvgIpc) is 2.22. The van der Waals surface area contributed by atoms with Gasteiger partial charge in [0.2, 0.25) is 0 Å². The lowest BCUT2D eigenvalue weighted by atomic mass is 9.65. The van der Waals surface area contributed by atoms with Gasteiger partial charge >= 0.3 is 0 Å². The monoisotopic (exact) mass is 228 g/mol. The quantitative estimate of drug-likeness (QED) is 0.629. The van der Waals surface area contributed by atoms with Gasteiger partial charge in [0.1, 0.15) is 6.17 Å². The summed E-state index contributed by atoms with van der Waals surface area (Å²) in [6.45, 7) is 11.3. The molecule has 0 saturated heterocycles. The topological polar surface area (TPSA) is 0 Å². The first-order valence-electron chi connectivity index (χ1n) is 7.11. The van der Waals surface area contributed by atoms with Crippen molar-refractivity contribution in [1.29, 1.82) is 0 Å². The van der Waals surface area contributed by atoms with Gasteiger partial charge in [-0.3, -0.25) is 0 Å². The van der Waals surface area contributed by atoms with Gasteiger partial charge in [0.05, 0.1) is 0 Å². The van der Waals surface area contributed by atoms with Crippen molar-refractivity contribution in [2.24, 2.45) is 29.6 Å². The van der Waals surface area contributed by atoms with Crippen molar-refractivity contribution in [2.45, 2.75) is 66.5 Å². The van der Waals surface area contributed by atoms with E-state index in [1.807, 2.05) is 0 Å². The second kappa shape index (κ2) is 6.02. The molecule has 96 valence electrons. The number of halogens is 1. The second-order valence-corrected chi connectivity index (χ2v) is 6.30. The molecule has 0 bridgehead atoms. The van der Waals surface area contributed by atoms with Gasteiger partial charge in [-0.2, -0.15) is 0 Å². The average molecular weight is 228 g/mol. The van der Waals surface area contributed by atoms with E-state index in [9.17, 15) is 4.39 Å². The van der Waals surface area contributed by atoms with Crippen LogP contribution in [0.3, 0.4) is 0 Å². The Morgan fingerprint density at radius 1 is 1.19 bits per heavy atom. The Balaban J connectivity index is 2.71. The highest BCUT2D eigenvalue weighted by Crippen LogP contribution is 2.43. The van der Waals surface area contributed by atoms with Crippen molar-refractivity contribution in [2.75, 3.05) is 0 Å². The van der Waals surface area contributed by atoms with E-state index in [1.54, 1.807) is 0 Å². The van der Waals surface area contributed by atoms with Gasteiger partial charge < -0.3 is 0 Å². The van der Waals surface area contributed by atoms with Crippen LogP contribution in [0.25, 0.3) is 0 Å². The summed E-state index contributed by atoms with van der Waals surface area (Å²) in [5.41, 5.74) is 0. The van der Waals surface area contributed by atoms with Crippen molar-refractivity contribution in [3.05, 3.63) is 0 Å². The third-order valence-corrected chi connectivity index (χ3v) is 4.66. The van der Waals surface area contributed by atoms with Gasteiger partial charge in [-0.1, -0.05) is 41.0 Å². The Morgan fingerprint density at radius 2 is 1.81 bits per heavy atom. The van der Waals surface area contributed by atoms with Crippen LogP contribution in [-0.4, -0.2) is 6.17 Å². The molecule has 5 unspecified atom stereocenters. The highest BCUT2D eigenvalue weighted by Gasteiger charge is 2.39. The second-order valence-electron chi connectivity index (χ2n) is 6.30. The molecule has 0 N–H and O–H groups in total. The molecule has 0 spiro atoms. The summed E-state index contributed by atoms with van der Waals surface area (Å²) in [5.74, 6) is 2.87. The Morgan fingerprint density at radius 3 is 2.31 bits per heavy atom. The maximum absolute atomic E-state index is 14.2. The van der Waals surface area contributed by atoms with Crippen LogP contribution < -0.4 is 0 Å². The fourth-order valence-corrected chi connectivity index (χ4v) is 3.51. The van der Waals surface area contributed by atoms with Crippen molar-refractivity contribution in [1.82, 2.24) is 0 Å². The first kappa shape index (κ1) is 14.0. The molecule has 1 aliphatic rings. The number of hydrogen-bond donors (Lipinski definition) is 0. The molecule has 0 aromatic heterocycles. The van der Waals surface area contributed by atoms with Crippen LogP contribution in [0.2, 0.25) is 0 Å². The highest BCUT2D eigenvalue weighted by atomic mass is 19.1. The number of alkyl halides is 1. The van der Waals surface area contributed by atoms with Crippen LogP contribution in [0.4, 0.5) is 4.39 Å². The van der Waals surface area contributed by atoms with E-state index in [0.29, 0.717) is 29.6 Å². The van der Waals surface area contributed by atoms with Gasteiger partial charge in [-0.15, -0.1) is 0 Å². The summed E-state index contributed by atoms with van der Waals surface area (Å²) in [6.07, 6.45) is 3.66. The predicted molar refractivity (Wildman–Crippen MR) is 69.2 cm³/mol. The maximum atomic E-state index is 14.2. The Bertz CT molecular complexity index is 200. The molecule has 1 aliphatic carbocycles. The van der Waals surface area contributed by atoms with Gasteiger partial charge in [-0.05, 0) is 48.9 Å². The van der Waals surface area contributed by atoms with Crippen LogP contribution >= 0.6 is 0 Å². The Hall–Kier alpha value is -0.0700. The summed E-state index contributed by atoms with van der Waals surface area (Å²) in [5, 5.41) is 0. The van der Waals surface area contributed by atoms with Crippen molar-refractivity contribution >= 4 is 0 Å². The molecule has 1 rings (SSSR count). The molecule has 5 atom stereocenters. The number of rotatable bonds is 4. The molecule has 1 heteroatoms. The molecule has 0 nitrogen and oxygen atoms in total. The first-order chi connectivity index (χ1) is 7.47. The van der Waals surface area contributed by atoms with Crippen molar-refractivity contribution < 1.29 is 4.39 Å². The smallest absolute Gasteiger partial charge is 0.103 e. The van der Waals surface area contributed by atoms with Crippen LogP contribution in [0.1, 0.15) is 60.3 Å². The lowest BCUT2D eigenvalue weighted by molar-refractivity contribution is 0.0256. The van der Waals surface area contributed by atoms with Crippen LogP contribution in [0.15, 0.2) is 0 Å². The van der Waals surface area contributed by atoms with Crippen molar-refractivity contribution in [3.63, 3.8) is 0 Å². The zero-order chi connectivity index (χ0) is 12.3. The summed E-state index contributed by atoms with van der Waals surface area (Å²) in [4.78, 5) is 0. The minimum atomic E-state index is -0.546. The van der Waals surface area contributed by atoms with E-state index in [2.05, 4.69) is 34.6 Å². The van der Waals surface area contributed by atoms with Crippen LogP contribution in [0, 0.1) is 29.6 Å². The zero-order valence-corrected chi connectivity index (χ0v) is 11.7. The fourth-order valence-electron chi connectivity index (χ4n) is 3.51. The summed E-state index contributed by atoms with van der Waals surface area (Å²) >= 11 is 0. The minimum absolute atomic E-state index is 0.316. The van der Waals surface area contributed by atoms with Crippen LogP contribution in [-0.2, 0) is 0 Å². The van der Waals surface area contributed by atoms with Crippen molar-refractivity contribution in [3.8, 4) is 0 Å². The van der Waals surface area contributed by atoms with E-state index in [1.165, 1.54) is 6.42 Å². The summed E-state index contributed by atoms with van der Waals surface area (Å²) in [7, 11) is 0. The van der Waals surface area contributed by atoms with Gasteiger partial charge in [-0.25, -0.2) is 4.39 Å². The van der Waals surface area contributed by atoms with E-state index in [4.69, 9.17) is 0 Å². The van der Waals surface area contributed by atoms with E-state index in [-0.39, 0.29) is 0 Å². The standard InChI is InChI=1S/C15H29F/c1-6-13(9-10(2)3)15-12(5)11(4)7-8-14(15)16/h10-15H,6-9H2,1-5H3. The molecule has 0 amide bonds. The SMILES string of the molecule is CCC(CC(C)C)C1C(F)CCC(C)C1C. The van der Waals surface area contributed by atoms with E-state index < -0.39 is 6.17 Å². The Kier molecular flexibility index (Phi) is 5.27. The molecule has 1 saturated carbocycles. The Labute approximate surface area is 101 Å². The molecular weight excluding hydrogens is 199 g/mol. The molecule has 0 aliphatic heterocycles. The molecule has 16 heavy (non-hydrogen) atoms. The van der Waals surface area contributed by atoms with Gasteiger partial charge in [0.25, 0.3) is 0 Å². The lowest BCUT2D eigenvalue weighted by Crippen LogP contribution is -2.38. The maximum Gasteiger partial charge on any atom is 0.103 e. The van der Waals surface area contributed by atoms with Gasteiger partial charge in [0.15, 0.2) is 0 Å². The molecular formula is C15H29F.